The van der Waals surface area contributed by atoms with Crippen LogP contribution in [0.15, 0.2) is 22.7 Å². The number of hydrogen-bond acceptors (Lipinski definition) is 0. The van der Waals surface area contributed by atoms with Gasteiger partial charge in [-0.15, -0.1) is 0 Å². The maximum Gasteiger partial charge on any atom is 0.0210 e. The van der Waals surface area contributed by atoms with Crippen molar-refractivity contribution in [3.05, 3.63) is 33.8 Å². The van der Waals surface area contributed by atoms with Crippen molar-refractivity contribution in [1.82, 2.24) is 0 Å². The second-order valence-electron chi connectivity index (χ2n) is 5.62. The van der Waals surface area contributed by atoms with Crippen molar-refractivity contribution >= 4 is 15.9 Å². The summed E-state index contributed by atoms with van der Waals surface area (Å²) in [6.45, 7) is 7.06. The van der Waals surface area contributed by atoms with Crippen LogP contribution in [-0.2, 0) is 6.42 Å². The Labute approximate surface area is 101 Å². The van der Waals surface area contributed by atoms with Crippen LogP contribution in [0, 0.1) is 5.41 Å². The number of rotatable bonds is 0. The molecule has 0 saturated carbocycles. The summed E-state index contributed by atoms with van der Waals surface area (Å²) in [5.41, 5.74) is 3.50. The summed E-state index contributed by atoms with van der Waals surface area (Å²) in [6, 6.07) is 6.66. The Kier molecular flexibility index (Phi) is 2.94. The normalized spacial score (nSPS) is 21.2. The highest BCUT2D eigenvalue weighted by molar-refractivity contribution is 9.10. The fourth-order valence-corrected chi connectivity index (χ4v) is 3.28. The van der Waals surface area contributed by atoms with Gasteiger partial charge in [-0.05, 0) is 47.8 Å². The molecule has 0 fully saturated rings. The zero-order valence-electron chi connectivity index (χ0n) is 9.81. The molecule has 1 aromatic carbocycles. The molecule has 1 atom stereocenters. The van der Waals surface area contributed by atoms with Gasteiger partial charge >= 0.3 is 0 Å². The highest BCUT2D eigenvalue weighted by Crippen LogP contribution is 2.44. The van der Waals surface area contributed by atoms with Gasteiger partial charge < -0.3 is 0 Å². The van der Waals surface area contributed by atoms with E-state index in [1.165, 1.54) is 23.7 Å². The van der Waals surface area contributed by atoms with Crippen molar-refractivity contribution < 1.29 is 0 Å². The minimum Gasteiger partial charge on any atom is -0.0608 e. The molecule has 0 spiro atoms. The summed E-state index contributed by atoms with van der Waals surface area (Å²) >= 11 is 3.68. The molecule has 15 heavy (non-hydrogen) atoms. The first kappa shape index (κ1) is 11.2. The van der Waals surface area contributed by atoms with E-state index in [1.54, 1.807) is 11.1 Å². The summed E-state index contributed by atoms with van der Waals surface area (Å²) in [4.78, 5) is 0. The Morgan fingerprint density at radius 1 is 1.27 bits per heavy atom. The van der Waals surface area contributed by atoms with Gasteiger partial charge in [0.1, 0.15) is 0 Å². The molecule has 1 heteroatoms. The molecule has 1 unspecified atom stereocenters. The Morgan fingerprint density at radius 2 is 2.00 bits per heavy atom. The van der Waals surface area contributed by atoms with Crippen LogP contribution in [-0.4, -0.2) is 0 Å². The molecular formula is C14H19Br. The average Bonchev–Trinajstić information content (AvgIpc) is 2.16. The average molecular weight is 267 g/mol. The van der Waals surface area contributed by atoms with Crippen molar-refractivity contribution in [3.8, 4) is 0 Å². The molecule has 0 aliphatic heterocycles. The quantitative estimate of drug-likeness (QED) is 0.626. The fourth-order valence-electron chi connectivity index (χ4n) is 2.70. The predicted octanol–water partition coefficient (Wildman–Crippen LogP) is 4.92. The lowest BCUT2D eigenvalue weighted by atomic mass is 9.69. The van der Waals surface area contributed by atoms with Crippen molar-refractivity contribution in [1.29, 1.82) is 0 Å². The number of hydrogen-bond donors (Lipinski definition) is 0. The van der Waals surface area contributed by atoms with Crippen LogP contribution >= 0.6 is 15.9 Å². The van der Waals surface area contributed by atoms with Gasteiger partial charge in [-0.2, -0.15) is 0 Å². The summed E-state index contributed by atoms with van der Waals surface area (Å²) in [6.07, 6.45) is 3.91. The number of fused-ring (bicyclic) bond motifs is 1. The first-order valence-electron chi connectivity index (χ1n) is 5.77. The van der Waals surface area contributed by atoms with Gasteiger partial charge in [0.05, 0.1) is 0 Å². The molecule has 1 aliphatic rings. The topological polar surface area (TPSA) is 0 Å². The second kappa shape index (κ2) is 3.93. The third-order valence-corrected chi connectivity index (χ3v) is 4.24. The molecule has 1 aromatic rings. The molecule has 0 saturated heterocycles. The van der Waals surface area contributed by atoms with Gasteiger partial charge in [0.15, 0.2) is 0 Å². The lowest BCUT2D eigenvalue weighted by molar-refractivity contribution is 0.289. The van der Waals surface area contributed by atoms with Crippen molar-refractivity contribution in [3.63, 3.8) is 0 Å². The Balaban J connectivity index is 2.48. The molecule has 0 aromatic heterocycles. The van der Waals surface area contributed by atoms with Crippen LogP contribution in [0.3, 0.4) is 0 Å². The standard InChI is InChI=1S/C14H19Br/c1-14(2,3)12-8-4-7-11-10(12)6-5-9-13(11)15/h5-6,9,12H,4,7-8H2,1-3H3. The van der Waals surface area contributed by atoms with Crippen LogP contribution in [0.5, 0.6) is 0 Å². The molecule has 0 heterocycles. The molecule has 0 nitrogen and oxygen atoms in total. The zero-order chi connectivity index (χ0) is 11.1. The molecule has 0 N–H and O–H groups in total. The summed E-state index contributed by atoms with van der Waals surface area (Å²) in [7, 11) is 0. The van der Waals surface area contributed by atoms with E-state index in [-0.39, 0.29) is 0 Å². The highest BCUT2D eigenvalue weighted by atomic mass is 79.9. The van der Waals surface area contributed by atoms with E-state index >= 15 is 0 Å². The summed E-state index contributed by atoms with van der Waals surface area (Å²) in [5, 5.41) is 0. The highest BCUT2D eigenvalue weighted by Gasteiger charge is 2.30. The van der Waals surface area contributed by atoms with Crippen LogP contribution in [0.1, 0.15) is 50.7 Å². The first-order valence-corrected chi connectivity index (χ1v) is 6.57. The SMILES string of the molecule is CC(C)(C)C1CCCc2c(Br)cccc21. The Morgan fingerprint density at radius 3 is 2.67 bits per heavy atom. The third-order valence-electron chi connectivity index (χ3n) is 3.50. The van der Waals surface area contributed by atoms with E-state index in [0.29, 0.717) is 5.41 Å². The molecule has 0 amide bonds. The minimum atomic E-state index is 0.385. The van der Waals surface area contributed by atoms with Crippen molar-refractivity contribution in [2.75, 3.05) is 0 Å². The van der Waals surface area contributed by atoms with Gasteiger partial charge in [0, 0.05) is 4.47 Å². The maximum atomic E-state index is 3.68. The lowest BCUT2D eigenvalue weighted by Crippen LogP contribution is -2.23. The van der Waals surface area contributed by atoms with Crippen LogP contribution in [0.2, 0.25) is 0 Å². The van der Waals surface area contributed by atoms with Crippen LogP contribution < -0.4 is 0 Å². The van der Waals surface area contributed by atoms with Crippen LogP contribution in [0.25, 0.3) is 0 Å². The summed E-state index contributed by atoms with van der Waals surface area (Å²) in [5.74, 6) is 0.721. The van der Waals surface area contributed by atoms with E-state index in [2.05, 4.69) is 54.9 Å². The number of benzene rings is 1. The van der Waals surface area contributed by atoms with Crippen molar-refractivity contribution in [2.24, 2.45) is 5.41 Å². The van der Waals surface area contributed by atoms with Crippen LogP contribution in [0.4, 0.5) is 0 Å². The number of halogens is 1. The minimum absolute atomic E-state index is 0.385. The molecule has 1 aliphatic carbocycles. The molecule has 82 valence electrons. The van der Waals surface area contributed by atoms with Gasteiger partial charge in [-0.25, -0.2) is 0 Å². The molecular weight excluding hydrogens is 248 g/mol. The largest absolute Gasteiger partial charge is 0.0608 e. The van der Waals surface area contributed by atoms with E-state index in [1.807, 2.05) is 0 Å². The van der Waals surface area contributed by atoms with Gasteiger partial charge in [0.25, 0.3) is 0 Å². The lowest BCUT2D eigenvalue weighted by Gasteiger charge is -2.36. The Hall–Kier alpha value is -0.300. The van der Waals surface area contributed by atoms with Gasteiger partial charge in [-0.1, -0.05) is 48.8 Å². The maximum absolute atomic E-state index is 3.68. The fraction of sp³-hybridized carbons (Fsp3) is 0.571. The van der Waals surface area contributed by atoms with Crippen molar-refractivity contribution in [2.45, 2.75) is 46.0 Å². The predicted molar refractivity (Wildman–Crippen MR) is 69.3 cm³/mol. The third kappa shape index (κ3) is 2.13. The second-order valence-corrected chi connectivity index (χ2v) is 6.47. The molecule has 0 bridgehead atoms. The first-order chi connectivity index (χ1) is 7.00. The zero-order valence-corrected chi connectivity index (χ0v) is 11.4. The molecule has 2 rings (SSSR count). The monoisotopic (exact) mass is 266 g/mol. The van der Waals surface area contributed by atoms with E-state index in [9.17, 15) is 0 Å². The van der Waals surface area contributed by atoms with Gasteiger partial charge in [-0.3, -0.25) is 0 Å². The van der Waals surface area contributed by atoms with E-state index in [0.717, 1.165) is 5.92 Å². The smallest absolute Gasteiger partial charge is 0.0210 e. The molecule has 0 radical (unpaired) electrons. The van der Waals surface area contributed by atoms with E-state index in [4.69, 9.17) is 0 Å². The van der Waals surface area contributed by atoms with E-state index < -0.39 is 0 Å². The van der Waals surface area contributed by atoms with Gasteiger partial charge in [0.2, 0.25) is 0 Å². The Bertz CT molecular complexity index is 360. The summed E-state index contributed by atoms with van der Waals surface area (Å²) < 4.78 is 1.30.